The molecule has 4 heteroatoms. The van der Waals surface area contributed by atoms with E-state index in [0.29, 0.717) is 5.82 Å². The van der Waals surface area contributed by atoms with Crippen molar-refractivity contribution in [2.45, 2.75) is 10.6 Å². The first-order valence-corrected chi connectivity index (χ1v) is 6.24. The van der Waals surface area contributed by atoms with E-state index < -0.39 is 0 Å². The van der Waals surface area contributed by atoms with Crippen molar-refractivity contribution >= 4 is 17.6 Å². The Kier molecular flexibility index (Phi) is 3.88. The van der Waals surface area contributed by atoms with Gasteiger partial charge in [0.25, 0.3) is 0 Å². The summed E-state index contributed by atoms with van der Waals surface area (Å²) in [5.41, 5.74) is 6.70. The standard InChI is InChI=1S/C13H14N2OS/c1-16-11-3-5-12(6-4-11)17-9-10-2-7-13(14)15-8-10/h2-8H,9H2,1H3,(H2,14,15). The second kappa shape index (κ2) is 5.59. The van der Waals surface area contributed by atoms with Crippen LogP contribution in [-0.2, 0) is 5.75 Å². The van der Waals surface area contributed by atoms with Crippen LogP contribution in [0.4, 0.5) is 5.82 Å². The van der Waals surface area contributed by atoms with Gasteiger partial charge in [-0.25, -0.2) is 4.98 Å². The average Bonchev–Trinajstić information content (AvgIpc) is 2.39. The number of methoxy groups -OCH3 is 1. The summed E-state index contributed by atoms with van der Waals surface area (Å²) in [6.07, 6.45) is 1.81. The van der Waals surface area contributed by atoms with Crippen molar-refractivity contribution < 1.29 is 4.74 Å². The first-order chi connectivity index (χ1) is 8.28. The maximum Gasteiger partial charge on any atom is 0.123 e. The third kappa shape index (κ3) is 3.39. The van der Waals surface area contributed by atoms with Crippen LogP contribution < -0.4 is 10.5 Å². The number of nitrogens with zero attached hydrogens (tertiary/aromatic N) is 1. The summed E-state index contributed by atoms with van der Waals surface area (Å²) >= 11 is 1.76. The quantitative estimate of drug-likeness (QED) is 0.843. The van der Waals surface area contributed by atoms with E-state index in [9.17, 15) is 0 Å². The molecule has 0 saturated carbocycles. The Morgan fingerprint density at radius 1 is 1.18 bits per heavy atom. The number of aromatic nitrogens is 1. The number of nitrogens with two attached hydrogens (primary N) is 1. The normalized spacial score (nSPS) is 10.2. The molecule has 0 fully saturated rings. The summed E-state index contributed by atoms with van der Waals surface area (Å²) in [5.74, 6) is 2.33. The Bertz CT molecular complexity index is 468. The molecular formula is C13H14N2OS. The summed E-state index contributed by atoms with van der Waals surface area (Å²) in [4.78, 5) is 5.27. The van der Waals surface area contributed by atoms with Gasteiger partial charge in [0, 0.05) is 16.8 Å². The summed E-state index contributed by atoms with van der Waals surface area (Å²) in [6, 6.07) is 11.8. The maximum atomic E-state index is 5.53. The Balaban J connectivity index is 1.95. The van der Waals surface area contributed by atoms with Gasteiger partial charge in [-0.05, 0) is 35.9 Å². The minimum Gasteiger partial charge on any atom is -0.497 e. The molecule has 0 aliphatic rings. The molecule has 0 atom stereocenters. The number of benzene rings is 1. The highest BCUT2D eigenvalue weighted by Gasteiger charge is 1.98. The fraction of sp³-hybridized carbons (Fsp3) is 0.154. The zero-order valence-electron chi connectivity index (χ0n) is 9.59. The van der Waals surface area contributed by atoms with Crippen molar-refractivity contribution in [3.8, 4) is 5.75 Å². The predicted molar refractivity (Wildman–Crippen MR) is 71.2 cm³/mol. The van der Waals surface area contributed by atoms with Crippen LogP contribution in [-0.4, -0.2) is 12.1 Å². The van der Waals surface area contributed by atoms with Crippen molar-refractivity contribution in [1.29, 1.82) is 0 Å². The van der Waals surface area contributed by atoms with Crippen molar-refractivity contribution in [2.24, 2.45) is 0 Å². The third-order valence-electron chi connectivity index (χ3n) is 2.31. The summed E-state index contributed by atoms with van der Waals surface area (Å²) in [7, 11) is 1.67. The third-order valence-corrected chi connectivity index (χ3v) is 3.40. The number of nitrogen functional groups attached to an aromatic ring is 1. The zero-order chi connectivity index (χ0) is 12.1. The van der Waals surface area contributed by atoms with E-state index in [0.717, 1.165) is 11.5 Å². The molecular weight excluding hydrogens is 232 g/mol. The van der Waals surface area contributed by atoms with Gasteiger partial charge in [0.15, 0.2) is 0 Å². The van der Waals surface area contributed by atoms with Crippen LogP contribution in [0.2, 0.25) is 0 Å². The molecule has 2 N–H and O–H groups in total. The van der Waals surface area contributed by atoms with E-state index in [-0.39, 0.29) is 0 Å². The number of ether oxygens (including phenoxy) is 1. The van der Waals surface area contributed by atoms with Crippen LogP contribution in [0, 0.1) is 0 Å². The summed E-state index contributed by atoms with van der Waals surface area (Å²) < 4.78 is 5.11. The van der Waals surface area contributed by atoms with E-state index in [1.807, 2.05) is 42.6 Å². The summed E-state index contributed by atoms with van der Waals surface area (Å²) in [6.45, 7) is 0. The molecule has 2 aromatic rings. The minimum absolute atomic E-state index is 0.559. The number of hydrogen-bond donors (Lipinski definition) is 1. The second-order valence-electron chi connectivity index (χ2n) is 3.56. The lowest BCUT2D eigenvalue weighted by molar-refractivity contribution is 0.414. The molecule has 1 aromatic carbocycles. The van der Waals surface area contributed by atoms with E-state index in [1.165, 1.54) is 10.5 Å². The van der Waals surface area contributed by atoms with Gasteiger partial charge < -0.3 is 10.5 Å². The molecule has 1 aromatic heterocycles. The zero-order valence-corrected chi connectivity index (χ0v) is 10.4. The van der Waals surface area contributed by atoms with Gasteiger partial charge in [0.2, 0.25) is 0 Å². The summed E-state index contributed by atoms with van der Waals surface area (Å²) in [5, 5.41) is 0. The highest BCUT2D eigenvalue weighted by atomic mass is 32.2. The topological polar surface area (TPSA) is 48.1 Å². The molecule has 0 unspecified atom stereocenters. The van der Waals surface area contributed by atoms with E-state index in [1.54, 1.807) is 18.9 Å². The molecule has 0 aliphatic carbocycles. The lowest BCUT2D eigenvalue weighted by atomic mass is 10.3. The fourth-order valence-corrected chi connectivity index (χ4v) is 2.19. The maximum absolute atomic E-state index is 5.53. The predicted octanol–water partition coefficient (Wildman–Crippen LogP) is 2.96. The number of anilines is 1. The van der Waals surface area contributed by atoms with E-state index >= 15 is 0 Å². The largest absolute Gasteiger partial charge is 0.497 e. The van der Waals surface area contributed by atoms with Gasteiger partial charge in [0.1, 0.15) is 11.6 Å². The van der Waals surface area contributed by atoms with Crippen molar-refractivity contribution in [2.75, 3.05) is 12.8 Å². The molecule has 1 heterocycles. The molecule has 0 spiro atoms. The van der Waals surface area contributed by atoms with Crippen LogP contribution in [0.1, 0.15) is 5.56 Å². The number of rotatable bonds is 4. The highest BCUT2D eigenvalue weighted by molar-refractivity contribution is 7.98. The number of hydrogen-bond acceptors (Lipinski definition) is 4. The van der Waals surface area contributed by atoms with Crippen molar-refractivity contribution in [3.05, 3.63) is 48.2 Å². The van der Waals surface area contributed by atoms with Crippen LogP contribution in [0.5, 0.6) is 5.75 Å². The highest BCUT2D eigenvalue weighted by Crippen LogP contribution is 2.24. The average molecular weight is 246 g/mol. The van der Waals surface area contributed by atoms with Gasteiger partial charge >= 0.3 is 0 Å². The minimum atomic E-state index is 0.559. The second-order valence-corrected chi connectivity index (χ2v) is 4.60. The molecule has 17 heavy (non-hydrogen) atoms. The molecule has 0 bridgehead atoms. The molecule has 0 amide bonds. The lowest BCUT2D eigenvalue weighted by Gasteiger charge is -2.03. The van der Waals surface area contributed by atoms with Gasteiger partial charge in [-0.2, -0.15) is 0 Å². The van der Waals surface area contributed by atoms with Crippen molar-refractivity contribution in [3.63, 3.8) is 0 Å². The number of pyridine rings is 1. The molecule has 0 aliphatic heterocycles. The van der Waals surface area contributed by atoms with Gasteiger partial charge in [-0.3, -0.25) is 0 Å². The molecule has 2 rings (SSSR count). The lowest BCUT2D eigenvalue weighted by Crippen LogP contribution is -1.90. The Morgan fingerprint density at radius 3 is 2.53 bits per heavy atom. The van der Waals surface area contributed by atoms with E-state index in [2.05, 4.69) is 4.98 Å². The van der Waals surface area contributed by atoms with Crippen LogP contribution in [0.15, 0.2) is 47.5 Å². The Morgan fingerprint density at radius 2 is 1.94 bits per heavy atom. The van der Waals surface area contributed by atoms with Crippen LogP contribution >= 0.6 is 11.8 Å². The smallest absolute Gasteiger partial charge is 0.123 e. The van der Waals surface area contributed by atoms with E-state index in [4.69, 9.17) is 10.5 Å². The van der Waals surface area contributed by atoms with Crippen molar-refractivity contribution in [1.82, 2.24) is 4.98 Å². The first kappa shape index (κ1) is 11.8. The Labute approximate surface area is 105 Å². The van der Waals surface area contributed by atoms with Gasteiger partial charge in [-0.15, -0.1) is 11.8 Å². The first-order valence-electron chi connectivity index (χ1n) is 5.25. The SMILES string of the molecule is COc1ccc(SCc2ccc(N)nc2)cc1. The van der Waals surface area contributed by atoms with Crippen LogP contribution in [0.3, 0.4) is 0 Å². The van der Waals surface area contributed by atoms with Gasteiger partial charge in [-0.1, -0.05) is 6.07 Å². The van der Waals surface area contributed by atoms with Crippen LogP contribution in [0.25, 0.3) is 0 Å². The molecule has 0 radical (unpaired) electrons. The molecule has 88 valence electrons. The molecule has 3 nitrogen and oxygen atoms in total. The molecule has 0 saturated heterocycles. The Hall–Kier alpha value is -1.68. The fourth-order valence-electron chi connectivity index (χ4n) is 1.36. The monoisotopic (exact) mass is 246 g/mol. The van der Waals surface area contributed by atoms with Gasteiger partial charge in [0.05, 0.1) is 7.11 Å². The number of thioether (sulfide) groups is 1.